The van der Waals surface area contributed by atoms with Crippen LogP contribution in [0.3, 0.4) is 0 Å². The number of aliphatic hydroxyl groups is 1. The van der Waals surface area contributed by atoms with Gasteiger partial charge in [0.15, 0.2) is 0 Å². The van der Waals surface area contributed by atoms with E-state index < -0.39 is 0 Å². The number of anilines is 1. The number of nitrogen functional groups attached to an aromatic ring is 1. The molecule has 3 nitrogen and oxygen atoms in total. The molecule has 3 N–H and O–H groups in total. The molecule has 1 aromatic rings. The van der Waals surface area contributed by atoms with Crippen LogP contribution in [0.2, 0.25) is 0 Å². The Morgan fingerprint density at radius 1 is 1.57 bits per heavy atom. The first-order chi connectivity index (χ1) is 6.63. The highest BCUT2D eigenvalue weighted by Gasteiger charge is 2.12. The predicted octanol–water partition coefficient (Wildman–Crippen LogP) is 1.61. The van der Waals surface area contributed by atoms with E-state index in [2.05, 4.69) is 18.8 Å². The first-order valence-corrected chi connectivity index (χ1v) is 5.02. The van der Waals surface area contributed by atoms with E-state index in [1.165, 1.54) is 0 Å². The molecule has 0 spiro atoms. The summed E-state index contributed by atoms with van der Waals surface area (Å²) in [6.45, 7) is 4.13. The fourth-order valence-corrected chi connectivity index (χ4v) is 1.34. The molecule has 0 bridgehead atoms. The normalized spacial score (nSPS) is 15.1. The van der Waals surface area contributed by atoms with E-state index >= 15 is 0 Å². The van der Waals surface area contributed by atoms with Crippen LogP contribution in [0, 0.1) is 5.92 Å². The van der Waals surface area contributed by atoms with Gasteiger partial charge in [0, 0.05) is 6.20 Å². The van der Waals surface area contributed by atoms with Crippen molar-refractivity contribution < 1.29 is 5.11 Å². The molecule has 1 rings (SSSR count). The molecule has 0 amide bonds. The Morgan fingerprint density at radius 3 is 2.86 bits per heavy atom. The van der Waals surface area contributed by atoms with Crippen LogP contribution in [0.25, 0.3) is 0 Å². The first-order valence-electron chi connectivity index (χ1n) is 5.02. The largest absolute Gasteiger partial charge is 0.393 e. The van der Waals surface area contributed by atoms with E-state index in [9.17, 15) is 5.11 Å². The van der Waals surface area contributed by atoms with Gasteiger partial charge in [0.1, 0.15) is 5.82 Å². The van der Waals surface area contributed by atoms with Crippen LogP contribution >= 0.6 is 0 Å². The third-order valence-electron chi connectivity index (χ3n) is 2.59. The summed E-state index contributed by atoms with van der Waals surface area (Å²) in [4.78, 5) is 3.91. The summed E-state index contributed by atoms with van der Waals surface area (Å²) in [5.74, 6) is 0.836. The SMILES string of the molecule is CCC(C)C(O)Cc1ccnc(N)c1. The van der Waals surface area contributed by atoms with Crippen LogP contribution < -0.4 is 5.73 Å². The lowest BCUT2D eigenvalue weighted by Gasteiger charge is -2.16. The van der Waals surface area contributed by atoms with Crippen molar-refractivity contribution in [3.05, 3.63) is 23.9 Å². The molecule has 0 aliphatic rings. The van der Waals surface area contributed by atoms with Gasteiger partial charge in [-0.2, -0.15) is 0 Å². The smallest absolute Gasteiger partial charge is 0.123 e. The lowest BCUT2D eigenvalue weighted by atomic mass is 9.96. The summed E-state index contributed by atoms with van der Waals surface area (Å²) in [5.41, 5.74) is 6.60. The molecule has 78 valence electrons. The number of rotatable bonds is 4. The Hall–Kier alpha value is -1.09. The van der Waals surface area contributed by atoms with Crippen LogP contribution in [0.4, 0.5) is 5.82 Å². The maximum atomic E-state index is 9.80. The predicted molar refractivity (Wildman–Crippen MR) is 57.8 cm³/mol. The molecule has 1 aromatic heterocycles. The molecule has 2 atom stereocenters. The van der Waals surface area contributed by atoms with Crippen molar-refractivity contribution in [1.29, 1.82) is 0 Å². The van der Waals surface area contributed by atoms with Gasteiger partial charge in [0.25, 0.3) is 0 Å². The van der Waals surface area contributed by atoms with E-state index in [4.69, 9.17) is 5.73 Å². The Balaban J connectivity index is 2.60. The summed E-state index contributed by atoms with van der Waals surface area (Å²) >= 11 is 0. The van der Waals surface area contributed by atoms with Gasteiger partial charge in [0.2, 0.25) is 0 Å². The highest BCUT2D eigenvalue weighted by Crippen LogP contribution is 2.13. The van der Waals surface area contributed by atoms with Crippen molar-refractivity contribution in [1.82, 2.24) is 4.98 Å². The molecule has 14 heavy (non-hydrogen) atoms. The minimum atomic E-state index is -0.290. The first kappa shape index (κ1) is 11.0. The second-order valence-electron chi connectivity index (χ2n) is 3.75. The maximum Gasteiger partial charge on any atom is 0.123 e. The summed E-state index contributed by atoms with van der Waals surface area (Å²) in [5, 5.41) is 9.80. The van der Waals surface area contributed by atoms with Gasteiger partial charge in [-0.25, -0.2) is 4.98 Å². The molecule has 0 fully saturated rings. The Morgan fingerprint density at radius 2 is 2.29 bits per heavy atom. The van der Waals surface area contributed by atoms with Crippen LogP contribution in [0.5, 0.6) is 0 Å². The van der Waals surface area contributed by atoms with E-state index in [1.807, 2.05) is 12.1 Å². The zero-order valence-electron chi connectivity index (χ0n) is 8.77. The van der Waals surface area contributed by atoms with Gasteiger partial charge < -0.3 is 10.8 Å². The number of pyridine rings is 1. The monoisotopic (exact) mass is 194 g/mol. The Labute approximate surface area is 85.0 Å². The third kappa shape index (κ3) is 3.00. The standard InChI is InChI=1S/C11H18N2O/c1-3-8(2)10(14)6-9-4-5-13-11(12)7-9/h4-5,7-8,10,14H,3,6H2,1-2H3,(H2,12,13). The fraction of sp³-hybridized carbons (Fsp3) is 0.545. The number of hydrogen-bond acceptors (Lipinski definition) is 3. The van der Waals surface area contributed by atoms with Crippen molar-refractivity contribution in [2.24, 2.45) is 5.92 Å². The summed E-state index contributed by atoms with van der Waals surface area (Å²) in [6.07, 6.45) is 3.03. The number of aliphatic hydroxyl groups excluding tert-OH is 1. The van der Waals surface area contributed by atoms with Crippen LogP contribution in [0.15, 0.2) is 18.3 Å². The second kappa shape index (κ2) is 4.96. The minimum Gasteiger partial charge on any atom is -0.393 e. The fourth-order valence-electron chi connectivity index (χ4n) is 1.34. The molecule has 0 aliphatic heterocycles. The summed E-state index contributed by atoms with van der Waals surface area (Å²) in [7, 11) is 0. The number of aromatic nitrogens is 1. The van der Waals surface area contributed by atoms with Crippen molar-refractivity contribution in [3.63, 3.8) is 0 Å². The van der Waals surface area contributed by atoms with Gasteiger partial charge in [-0.05, 0) is 30.0 Å². The lowest BCUT2D eigenvalue weighted by Crippen LogP contribution is -2.19. The summed E-state index contributed by atoms with van der Waals surface area (Å²) < 4.78 is 0. The molecule has 3 heteroatoms. The van der Waals surface area contributed by atoms with Crippen LogP contribution in [-0.2, 0) is 6.42 Å². The molecule has 0 aromatic carbocycles. The molecule has 0 radical (unpaired) electrons. The van der Waals surface area contributed by atoms with Crippen molar-refractivity contribution in [3.8, 4) is 0 Å². The van der Waals surface area contributed by atoms with Crippen molar-refractivity contribution in [2.75, 3.05) is 5.73 Å². The average Bonchev–Trinajstić information content (AvgIpc) is 2.16. The van der Waals surface area contributed by atoms with E-state index in [1.54, 1.807) is 6.20 Å². The van der Waals surface area contributed by atoms with E-state index in [-0.39, 0.29) is 6.10 Å². The van der Waals surface area contributed by atoms with Crippen molar-refractivity contribution in [2.45, 2.75) is 32.8 Å². The molecular formula is C11H18N2O. The van der Waals surface area contributed by atoms with Gasteiger partial charge in [-0.15, -0.1) is 0 Å². The molecule has 0 saturated carbocycles. The van der Waals surface area contributed by atoms with Gasteiger partial charge >= 0.3 is 0 Å². The van der Waals surface area contributed by atoms with Crippen LogP contribution in [-0.4, -0.2) is 16.2 Å². The number of hydrogen-bond donors (Lipinski definition) is 2. The molecular weight excluding hydrogens is 176 g/mol. The second-order valence-corrected chi connectivity index (χ2v) is 3.75. The molecule has 0 saturated heterocycles. The molecule has 0 aliphatic carbocycles. The van der Waals surface area contributed by atoms with Crippen LogP contribution in [0.1, 0.15) is 25.8 Å². The molecule has 1 heterocycles. The number of nitrogens with zero attached hydrogens (tertiary/aromatic N) is 1. The van der Waals surface area contributed by atoms with E-state index in [0.29, 0.717) is 18.2 Å². The van der Waals surface area contributed by atoms with Gasteiger partial charge in [0.05, 0.1) is 6.10 Å². The number of nitrogens with two attached hydrogens (primary N) is 1. The van der Waals surface area contributed by atoms with Gasteiger partial charge in [-0.3, -0.25) is 0 Å². The Kier molecular flexibility index (Phi) is 3.89. The quantitative estimate of drug-likeness (QED) is 0.765. The molecule has 2 unspecified atom stereocenters. The van der Waals surface area contributed by atoms with Gasteiger partial charge in [-0.1, -0.05) is 20.3 Å². The average molecular weight is 194 g/mol. The minimum absolute atomic E-state index is 0.290. The Bertz CT molecular complexity index is 288. The zero-order chi connectivity index (χ0) is 10.6. The highest BCUT2D eigenvalue weighted by atomic mass is 16.3. The third-order valence-corrected chi connectivity index (χ3v) is 2.59. The zero-order valence-corrected chi connectivity index (χ0v) is 8.77. The van der Waals surface area contributed by atoms with E-state index in [0.717, 1.165) is 12.0 Å². The van der Waals surface area contributed by atoms with Crippen molar-refractivity contribution >= 4 is 5.82 Å². The topological polar surface area (TPSA) is 59.1 Å². The summed E-state index contributed by atoms with van der Waals surface area (Å²) in [6, 6.07) is 3.70. The highest BCUT2D eigenvalue weighted by molar-refractivity contribution is 5.32. The lowest BCUT2D eigenvalue weighted by molar-refractivity contribution is 0.115. The maximum absolute atomic E-state index is 9.80.